The van der Waals surface area contributed by atoms with Crippen LogP contribution in [0.5, 0.6) is 5.75 Å². The molecule has 0 saturated carbocycles. The fourth-order valence-electron chi connectivity index (χ4n) is 3.12. The number of thiophene rings is 1. The Morgan fingerprint density at radius 2 is 1.82 bits per heavy atom. The first kappa shape index (κ1) is 18.9. The number of rotatable bonds is 5. The van der Waals surface area contributed by atoms with E-state index in [0.717, 1.165) is 16.4 Å². The highest BCUT2D eigenvalue weighted by Gasteiger charge is 2.29. The quantitative estimate of drug-likeness (QED) is 0.637. The third-order valence-electron chi connectivity index (χ3n) is 4.67. The molecular formula is C19H20N4O3S2. The summed E-state index contributed by atoms with van der Waals surface area (Å²) in [5, 5.41) is 10.6. The van der Waals surface area contributed by atoms with E-state index in [1.54, 1.807) is 35.6 Å². The predicted molar refractivity (Wildman–Crippen MR) is 109 cm³/mol. The predicted octanol–water partition coefficient (Wildman–Crippen LogP) is 2.72. The van der Waals surface area contributed by atoms with Crippen molar-refractivity contribution in [2.75, 3.05) is 38.2 Å². The van der Waals surface area contributed by atoms with E-state index in [1.807, 2.05) is 29.6 Å². The summed E-state index contributed by atoms with van der Waals surface area (Å²) >= 11 is 1.62. The molecule has 146 valence electrons. The van der Waals surface area contributed by atoms with Crippen LogP contribution in [0.25, 0.3) is 10.6 Å². The molecule has 4 rings (SSSR count). The van der Waals surface area contributed by atoms with E-state index in [1.165, 1.54) is 11.4 Å². The van der Waals surface area contributed by atoms with Crippen LogP contribution in [-0.2, 0) is 10.0 Å². The molecule has 9 heteroatoms. The number of sulfonamides is 1. The minimum absolute atomic E-state index is 0.250. The van der Waals surface area contributed by atoms with Crippen LogP contribution in [0.1, 0.15) is 0 Å². The monoisotopic (exact) mass is 416 g/mol. The molecule has 1 aliphatic rings. The fraction of sp³-hybridized carbons (Fsp3) is 0.263. The van der Waals surface area contributed by atoms with Crippen molar-refractivity contribution in [1.82, 2.24) is 14.5 Å². The zero-order valence-corrected chi connectivity index (χ0v) is 17.0. The molecule has 1 aliphatic heterocycles. The Morgan fingerprint density at radius 1 is 1.00 bits per heavy atom. The second-order valence-corrected chi connectivity index (χ2v) is 9.21. The summed E-state index contributed by atoms with van der Waals surface area (Å²) in [5.74, 6) is 1.29. The SMILES string of the molecule is COc1cccc(S(=O)(=O)N2CCN(c3ccc(-c4cccs4)nn3)CC2)c1. The average Bonchev–Trinajstić information content (AvgIpc) is 3.29. The minimum Gasteiger partial charge on any atom is -0.497 e. The highest BCUT2D eigenvalue weighted by molar-refractivity contribution is 7.89. The lowest BCUT2D eigenvalue weighted by Gasteiger charge is -2.34. The number of hydrogen-bond acceptors (Lipinski definition) is 7. The summed E-state index contributed by atoms with van der Waals surface area (Å²) < 4.78 is 32.4. The van der Waals surface area contributed by atoms with Crippen LogP contribution in [0.3, 0.4) is 0 Å². The van der Waals surface area contributed by atoms with Crippen molar-refractivity contribution in [1.29, 1.82) is 0 Å². The molecule has 0 radical (unpaired) electrons. The van der Waals surface area contributed by atoms with Crippen LogP contribution < -0.4 is 9.64 Å². The van der Waals surface area contributed by atoms with Crippen LogP contribution in [0.2, 0.25) is 0 Å². The zero-order valence-electron chi connectivity index (χ0n) is 15.4. The molecule has 1 aromatic carbocycles. The normalized spacial score (nSPS) is 15.5. The van der Waals surface area contributed by atoms with Gasteiger partial charge in [0.15, 0.2) is 5.82 Å². The van der Waals surface area contributed by atoms with Gasteiger partial charge in [-0.2, -0.15) is 4.31 Å². The van der Waals surface area contributed by atoms with Crippen molar-refractivity contribution in [3.8, 4) is 16.3 Å². The number of ether oxygens (including phenoxy) is 1. The lowest BCUT2D eigenvalue weighted by Crippen LogP contribution is -2.49. The Morgan fingerprint density at radius 3 is 2.46 bits per heavy atom. The van der Waals surface area contributed by atoms with E-state index < -0.39 is 10.0 Å². The van der Waals surface area contributed by atoms with E-state index in [2.05, 4.69) is 15.1 Å². The fourth-order valence-corrected chi connectivity index (χ4v) is 5.27. The van der Waals surface area contributed by atoms with Gasteiger partial charge >= 0.3 is 0 Å². The maximum atomic E-state index is 12.9. The molecule has 0 amide bonds. The van der Waals surface area contributed by atoms with Crippen LogP contribution >= 0.6 is 11.3 Å². The number of methoxy groups -OCH3 is 1. The maximum Gasteiger partial charge on any atom is 0.243 e. The Kier molecular flexibility index (Phi) is 5.29. The van der Waals surface area contributed by atoms with Gasteiger partial charge in [0, 0.05) is 32.2 Å². The van der Waals surface area contributed by atoms with E-state index in [9.17, 15) is 8.42 Å². The Bertz CT molecular complexity index is 1030. The van der Waals surface area contributed by atoms with Crippen LogP contribution in [0.4, 0.5) is 5.82 Å². The van der Waals surface area contributed by atoms with Gasteiger partial charge in [-0.25, -0.2) is 8.42 Å². The van der Waals surface area contributed by atoms with E-state index >= 15 is 0 Å². The lowest BCUT2D eigenvalue weighted by atomic mass is 10.3. The van der Waals surface area contributed by atoms with Gasteiger partial charge < -0.3 is 9.64 Å². The summed E-state index contributed by atoms with van der Waals surface area (Å²) in [6.07, 6.45) is 0. The standard InChI is InChI=1S/C19H20N4O3S2/c1-26-15-4-2-5-16(14-15)28(24,25)23-11-9-22(10-12-23)19-8-7-17(20-21-19)18-6-3-13-27-18/h2-8,13-14H,9-12H2,1H3. The maximum absolute atomic E-state index is 12.9. The Balaban J connectivity index is 1.44. The van der Waals surface area contributed by atoms with Crippen molar-refractivity contribution in [3.05, 3.63) is 53.9 Å². The summed E-state index contributed by atoms with van der Waals surface area (Å²) in [6, 6.07) is 14.5. The van der Waals surface area contributed by atoms with Gasteiger partial charge in [0.05, 0.1) is 16.9 Å². The number of nitrogens with zero attached hydrogens (tertiary/aromatic N) is 4. The average molecular weight is 417 g/mol. The second kappa shape index (κ2) is 7.86. The van der Waals surface area contributed by atoms with Gasteiger partial charge in [0.1, 0.15) is 11.4 Å². The van der Waals surface area contributed by atoms with Gasteiger partial charge in [-0.05, 0) is 35.7 Å². The summed E-state index contributed by atoms with van der Waals surface area (Å²) in [6.45, 7) is 1.92. The van der Waals surface area contributed by atoms with Gasteiger partial charge in [0.2, 0.25) is 10.0 Å². The number of hydrogen-bond donors (Lipinski definition) is 0. The first-order chi connectivity index (χ1) is 13.6. The molecule has 0 bridgehead atoms. The van der Waals surface area contributed by atoms with Crippen LogP contribution in [0, 0.1) is 0 Å². The number of piperazine rings is 1. The highest BCUT2D eigenvalue weighted by atomic mass is 32.2. The number of benzene rings is 1. The van der Waals surface area contributed by atoms with Crippen molar-refractivity contribution in [2.45, 2.75) is 4.90 Å². The smallest absolute Gasteiger partial charge is 0.243 e. The summed E-state index contributed by atoms with van der Waals surface area (Å²) in [5.41, 5.74) is 0.845. The molecule has 28 heavy (non-hydrogen) atoms. The summed E-state index contributed by atoms with van der Waals surface area (Å²) in [7, 11) is -2.02. The third-order valence-corrected chi connectivity index (χ3v) is 7.45. The molecule has 3 heterocycles. The largest absolute Gasteiger partial charge is 0.497 e. The Hall–Kier alpha value is -2.49. The second-order valence-electron chi connectivity index (χ2n) is 6.32. The van der Waals surface area contributed by atoms with Crippen molar-refractivity contribution < 1.29 is 13.2 Å². The van der Waals surface area contributed by atoms with Gasteiger partial charge in [-0.1, -0.05) is 12.1 Å². The molecule has 1 saturated heterocycles. The third kappa shape index (κ3) is 3.73. The van der Waals surface area contributed by atoms with Crippen molar-refractivity contribution in [2.24, 2.45) is 0 Å². The van der Waals surface area contributed by atoms with Crippen molar-refractivity contribution in [3.63, 3.8) is 0 Å². The molecule has 0 aliphatic carbocycles. The van der Waals surface area contributed by atoms with E-state index in [-0.39, 0.29) is 4.90 Å². The first-order valence-corrected chi connectivity index (χ1v) is 11.2. The van der Waals surface area contributed by atoms with Gasteiger partial charge in [0.25, 0.3) is 0 Å². The van der Waals surface area contributed by atoms with Crippen LogP contribution in [0.15, 0.2) is 58.8 Å². The minimum atomic E-state index is -3.54. The highest BCUT2D eigenvalue weighted by Crippen LogP contribution is 2.25. The van der Waals surface area contributed by atoms with Gasteiger partial charge in [-0.15, -0.1) is 21.5 Å². The molecule has 1 fully saturated rings. The summed E-state index contributed by atoms with van der Waals surface area (Å²) in [4.78, 5) is 3.39. The van der Waals surface area contributed by atoms with E-state index in [4.69, 9.17) is 4.74 Å². The zero-order chi connectivity index (χ0) is 19.6. The molecule has 2 aromatic heterocycles. The number of anilines is 1. The topological polar surface area (TPSA) is 75.6 Å². The molecule has 3 aromatic rings. The molecule has 0 unspecified atom stereocenters. The van der Waals surface area contributed by atoms with Crippen LogP contribution in [-0.4, -0.2) is 56.2 Å². The van der Waals surface area contributed by atoms with E-state index in [0.29, 0.717) is 31.9 Å². The molecule has 0 N–H and O–H groups in total. The van der Waals surface area contributed by atoms with Gasteiger partial charge in [-0.3, -0.25) is 0 Å². The molecule has 0 atom stereocenters. The molecular weight excluding hydrogens is 396 g/mol. The van der Waals surface area contributed by atoms with Crippen molar-refractivity contribution >= 4 is 27.2 Å². The lowest BCUT2D eigenvalue weighted by molar-refractivity contribution is 0.382. The first-order valence-electron chi connectivity index (χ1n) is 8.85. The molecule has 0 spiro atoms. The number of aromatic nitrogens is 2. The molecule has 7 nitrogen and oxygen atoms in total. The Labute approximate surface area is 168 Å².